The number of fused-ring (bicyclic) bond motifs is 1. The van der Waals surface area contributed by atoms with E-state index >= 15 is 0 Å². The third-order valence-electron chi connectivity index (χ3n) is 4.49. The zero-order chi connectivity index (χ0) is 15.7. The Morgan fingerprint density at radius 2 is 2.05 bits per heavy atom. The second kappa shape index (κ2) is 5.99. The third kappa shape index (κ3) is 2.67. The molecule has 2 heterocycles. The summed E-state index contributed by atoms with van der Waals surface area (Å²) < 4.78 is 5.72. The minimum Gasteiger partial charge on any atom is -0.492 e. The van der Waals surface area contributed by atoms with Crippen molar-refractivity contribution in [1.82, 2.24) is 9.80 Å². The number of carbonyl (C=O) groups is 2. The zero-order valence-electron chi connectivity index (χ0n) is 13.1. The van der Waals surface area contributed by atoms with Crippen LogP contribution in [0.5, 0.6) is 5.75 Å². The summed E-state index contributed by atoms with van der Waals surface area (Å²) in [6, 6.07) is 7.53. The first-order valence-corrected chi connectivity index (χ1v) is 7.80. The molecular formula is C17H22N2O3. The number of hydrogen-bond acceptors (Lipinski definition) is 3. The van der Waals surface area contributed by atoms with Crippen LogP contribution < -0.4 is 4.74 Å². The first-order chi connectivity index (χ1) is 10.6. The molecule has 22 heavy (non-hydrogen) atoms. The summed E-state index contributed by atoms with van der Waals surface area (Å²) in [5, 5.41) is 0. The van der Waals surface area contributed by atoms with Gasteiger partial charge < -0.3 is 14.5 Å². The number of nitrogens with zero attached hydrogens (tertiary/aromatic N) is 2. The van der Waals surface area contributed by atoms with E-state index in [1.807, 2.05) is 24.3 Å². The lowest BCUT2D eigenvalue weighted by atomic mass is 9.95. The summed E-state index contributed by atoms with van der Waals surface area (Å²) >= 11 is 0. The summed E-state index contributed by atoms with van der Waals surface area (Å²) in [5.74, 6) is 0.745. The number of likely N-dealkylation sites (N-methyl/N-ethyl adjacent to an activating group) is 1. The van der Waals surface area contributed by atoms with E-state index in [9.17, 15) is 9.59 Å². The number of amides is 2. The minimum atomic E-state index is -0.306. The molecule has 2 aliphatic heterocycles. The first kappa shape index (κ1) is 14.9. The molecule has 0 aromatic heterocycles. The lowest BCUT2D eigenvalue weighted by Gasteiger charge is -2.31. The highest BCUT2D eigenvalue weighted by atomic mass is 16.5. The molecule has 2 aliphatic rings. The Balaban J connectivity index is 1.73. The van der Waals surface area contributed by atoms with Gasteiger partial charge in [0.1, 0.15) is 18.4 Å². The van der Waals surface area contributed by atoms with Gasteiger partial charge in [0.15, 0.2) is 0 Å². The largest absolute Gasteiger partial charge is 0.492 e. The SMILES string of the molecule is CN(C)C(=O)C1CCCN1C(=O)C1COc2ccccc2C1. The number of likely N-dealkylation sites (tertiary alicyclic amines) is 1. The zero-order valence-corrected chi connectivity index (χ0v) is 13.1. The normalized spacial score (nSPS) is 23.6. The van der Waals surface area contributed by atoms with E-state index in [2.05, 4.69) is 0 Å². The fraction of sp³-hybridized carbons (Fsp3) is 0.529. The molecular weight excluding hydrogens is 280 g/mol. The summed E-state index contributed by atoms with van der Waals surface area (Å²) in [6.45, 7) is 1.07. The highest BCUT2D eigenvalue weighted by Gasteiger charge is 2.39. The molecule has 1 fully saturated rings. The van der Waals surface area contributed by atoms with Crippen molar-refractivity contribution in [1.29, 1.82) is 0 Å². The molecule has 1 saturated heterocycles. The average Bonchev–Trinajstić information content (AvgIpc) is 3.02. The smallest absolute Gasteiger partial charge is 0.244 e. The monoisotopic (exact) mass is 302 g/mol. The number of ether oxygens (including phenoxy) is 1. The van der Waals surface area contributed by atoms with Gasteiger partial charge in [-0.2, -0.15) is 0 Å². The molecule has 5 heteroatoms. The Morgan fingerprint density at radius 1 is 1.27 bits per heavy atom. The van der Waals surface area contributed by atoms with Crippen molar-refractivity contribution in [2.45, 2.75) is 25.3 Å². The summed E-state index contributed by atoms with van der Waals surface area (Å²) in [4.78, 5) is 28.4. The maximum atomic E-state index is 12.8. The highest BCUT2D eigenvalue weighted by molar-refractivity contribution is 5.89. The van der Waals surface area contributed by atoms with Crippen LogP contribution in [0.2, 0.25) is 0 Å². The molecule has 2 atom stereocenters. The molecule has 0 bridgehead atoms. The van der Waals surface area contributed by atoms with Gasteiger partial charge in [0.05, 0.1) is 5.92 Å². The van der Waals surface area contributed by atoms with Crippen LogP contribution in [-0.2, 0) is 16.0 Å². The van der Waals surface area contributed by atoms with Crippen LogP contribution in [-0.4, -0.2) is 54.9 Å². The van der Waals surface area contributed by atoms with Crippen LogP contribution in [0, 0.1) is 5.92 Å². The summed E-state index contributed by atoms with van der Waals surface area (Å²) in [7, 11) is 3.48. The van der Waals surface area contributed by atoms with Gasteiger partial charge >= 0.3 is 0 Å². The van der Waals surface area contributed by atoms with Crippen molar-refractivity contribution in [3.63, 3.8) is 0 Å². The Hall–Kier alpha value is -2.04. The summed E-state index contributed by atoms with van der Waals surface area (Å²) in [6.07, 6.45) is 2.33. The van der Waals surface area contributed by atoms with Gasteiger partial charge in [-0.15, -0.1) is 0 Å². The Bertz CT molecular complexity index is 585. The molecule has 2 unspecified atom stereocenters. The number of benzene rings is 1. The number of hydrogen-bond donors (Lipinski definition) is 0. The predicted molar refractivity (Wildman–Crippen MR) is 82.6 cm³/mol. The van der Waals surface area contributed by atoms with Gasteiger partial charge in [-0.3, -0.25) is 9.59 Å². The molecule has 0 aliphatic carbocycles. The molecule has 0 N–H and O–H groups in total. The number of carbonyl (C=O) groups excluding carboxylic acids is 2. The second-order valence-electron chi connectivity index (χ2n) is 6.24. The van der Waals surface area contributed by atoms with Crippen LogP contribution >= 0.6 is 0 Å². The van der Waals surface area contributed by atoms with E-state index in [0.29, 0.717) is 19.6 Å². The first-order valence-electron chi connectivity index (χ1n) is 7.80. The van der Waals surface area contributed by atoms with Crippen molar-refractivity contribution in [3.05, 3.63) is 29.8 Å². The lowest BCUT2D eigenvalue weighted by molar-refractivity contribution is -0.145. The standard InChI is InChI=1S/C17H22N2O3/c1-18(2)17(21)14-7-5-9-19(14)16(20)13-10-12-6-3-4-8-15(12)22-11-13/h3-4,6,8,13-14H,5,7,9-11H2,1-2H3. The molecule has 5 nitrogen and oxygen atoms in total. The molecule has 0 radical (unpaired) electrons. The molecule has 1 aromatic rings. The van der Waals surface area contributed by atoms with E-state index in [1.54, 1.807) is 23.9 Å². The maximum Gasteiger partial charge on any atom is 0.244 e. The van der Waals surface area contributed by atoms with Crippen LogP contribution in [0.3, 0.4) is 0 Å². The highest BCUT2D eigenvalue weighted by Crippen LogP contribution is 2.29. The molecule has 1 aromatic carbocycles. The number of rotatable bonds is 2. The van der Waals surface area contributed by atoms with Crippen LogP contribution in [0.4, 0.5) is 0 Å². The van der Waals surface area contributed by atoms with Crippen LogP contribution in [0.1, 0.15) is 18.4 Å². The summed E-state index contributed by atoms with van der Waals surface area (Å²) in [5.41, 5.74) is 1.07. The van der Waals surface area contributed by atoms with E-state index < -0.39 is 0 Å². The fourth-order valence-corrected chi connectivity index (χ4v) is 3.31. The quantitative estimate of drug-likeness (QED) is 0.828. The Labute approximate surface area is 130 Å². The van der Waals surface area contributed by atoms with Crippen molar-refractivity contribution >= 4 is 11.8 Å². The van der Waals surface area contributed by atoms with Gasteiger partial charge in [-0.25, -0.2) is 0 Å². The molecule has 0 saturated carbocycles. The predicted octanol–water partition coefficient (Wildman–Crippen LogP) is 1.32. The second-order valence-corrected chi connectivity index (χ2v) is 6.24. The fourth-order valence-electron chi connectivity index (χ4n) is 3.31. The Kier molecular flexibility index (Phi) is 4.05. The van der Waals surface area contributed by atoms with Crippen molar-refractivity contribution < 1.29 is 14.3 Å². The molecule has 0 spiro atoms. The van der Waals surface area contributed by atoms with Crippen LogP contribution in [0.15, 0.2) is 24.3 Å². The Morgan fingerprint density at radius 3 is 2.82 bits per heavy atom. The van der Waals surface area contributed by atoms with Crippen molar-refractivity contribution in [3.8, 4) is 5.75 Å². The maximum absolute atomic E-state index is 12.8. The molecule has 3 rings (SSSR count). The van der Waals surface area contributed by atoms with Gasteiger partial charge in [-0.05, 0) is 30.9 Å². The van der Waals surface area contributed by atoms with Crippen molar-refractivity contribution in [2.24, 2.45) is 5.92 Å². The van der Waals surface area contributed by atoms with Crippen molar-refractivity contribution in [2.75, 3.05) is 27.2 Å². The number of para-hydroxylation sites is 1. The topological polar surface area (TPSA) is 49.9 Å². The van der Waals surface area contributed by atoms with Gasteiger partial charge in [0.2, 0.25) is 11.8 Å². The molecule has 2 amide bonds. The lowest BCUT2D eigenvalue weighted by Crippen LogP contribution is -2.49. The minimum absolute atomic E-state index is 0.0166. The van der Waals surface area contributed by atoms with E-state index in [-0.39, 0.29) is 23.8 Å². The van der Waals surface area contributed by atoms with E-state index in [4.69, 9.17) is 4.74 Å². The van der Waals surface area contributed by atoms with Gasteiger partial charge in [0.25, 0.3) is 0 Å². The van der Waals surface area contributed by atoms with E-state index in [1.165, 1.54) is 0 Å². The van der Waals surface area contributed by atoms with Gasteiger partial charge in [-0.1, -0.05) is 18.2 Å². The van der Waals surface area contributed by atoms with E-state index in [0.717, 1.165) is 24.2 Å². The third-order valence-corrected chi connectivity index (χ3v) is 4.49. The van der Waals surface area contributed by atoms with Crippen LogP contribution in [0.25, 0.3) is 0 Å². The van der Waals surface area contributed by atoms with Gasteiger partial charge in [0, 0.05) is 20.6 Å². The average molecular weight is 302 g/mol. The molecule has 118 valence electrons.